The molecule has 6 N–H and O–H groups in total. The van der Waals surface area contributed by atoms with E-state index < -0.39 is 29.2 Å². The third-order valence-corrected chi connectivity index (χ3v) is 8.25. The van der Waals surface area contributed by atoms with Crippen LogP contribution in [0.15, 0.2) is 37.0 Å². The zero-order chi connectivity index (χ0) is 33.3. The lowest BCUT2D eigenvalue weighted by Gasteiger charge is -2.39. The van der Waals surface area contributed by atoms with Gasteiger partial charge in [0.2, 0.25) is 11.7 Å². The molecule has 1 heterocycles. The van der Waals surface area contributed by atoms with E-state index >= 15 is 0 Å². The van der Waals surface area contributed by atoms with Gasteiger partial charge in [-0.2, -0.15) is 0 Å². The number of nitrogens with zero attached hydrogens (tertiary/aromatic N) is 1. The van der Waals surface area contributed by atoms with Crippen molar-refractivity contribution in [2.45, 2.75) is 138 Å². The summed E-state index contributed by atoms with van der Waals surface area (Å²) in [5.74, 6) is -0.869. The van der Waals surface area contributed by atoms with Crippen LogP contribution in [0.2, 0.25) is 0 Å². The standard InChI is InChI=1S/C34H62N6O3/c1-14-22(4)20-26(29(41)31(35)42)37-24(6)27-16-15-19-40(27)32(43)30(34(11,12)13)39-25(7)38-28(33(8,9)10)18-17-23(5)36-21(2)3/h21-22,26-28,30,36-39H,5-7,14-20H2,1-4,8-13H3,(H2,35,42). The second-order valence-electron chi connectivity index (χ2n) is 14.8. The molecule has 43 heavy (non-hydrogen) atoms. The van der Waals surface area contributed by atoms with E-state index in [0.717, 1.165) is 37.8 Å². The van der Waals surface area contributed by atoms with Gasteiger partial charge in [-0.15, -0.1) is 0 Å². The number of Topliss-reactive ketones (excluding diaryl/α,β-unsaturated/α-hetero) is 1. The lowest BCUT2D eigenvalue weighted by Crippen LogP contribution is -2.57. The summed E-state index contributed by atoms with van der Waals surface area (Å²) in [7, 11) is 0. The molecule has 1 fully saturated rings. The van der Waals surface area contributed by atoms with Gasteiger partial charge in [0, 0.05) is 30.0 Å². The van der Waals surface area contributed by atoms with Crippen molar-refractivity contribution < 1.29 is 14.4 Å². The van der Waals surface area contributed by atoms with E-state index in [1.54, 1.807) is 0 Å². The summed E-state index contributed by atoms with van der Waals surface area (Å²) < 4.78 is 0. The van der Waals surface area contributed by atoms with Gasteiger partial charge in [-0.3, -0.25) is 14.4 Å². The highest BCUT2D eigenvalue weighted by molar-refractivity contribution is 6.37. The Labute approximate surface area is 261 Å². The van der Waals surface area contributed by atoms with Crippen LogP contribution in [0.1, 0.15) is 108 Å². The molecule has 0 aromatic heterocycles. The molecule has 1 rings (SSSR count). The quantitative estimate of drug-likeness (QED) is 0.144. The Morgan fingerprint density at radius 2 is 1.53 bits per heavy atom. The van der Waals surface area contributed by atoms with Crippen LogP contribution in [-0.4, -0.2) is 59.3 Å². The van der Waals surface area contributed by atoms with Gasteiger partial charge < -0.3 is 31.9 Å². The number of hydrogen-bond acceptors (Lipinski definition) is 7. The average molecular weight is 603 g/mol. The molecule has 246 valence electrons. The lowest BCUT2D eigenvalue weighted by atomic mass is 9.83. The number of ketones is 1. The Morgan fingerprint density at radius 3 is 2.02 bits per heavy atom. The van der Waals surface area contributed by atoms with Gasteiger partial charge in [0.05, 0.1) is 17.9 Å². The second-order valence-corrected chi connectivity index (χ2v) is 14.8. The first kappa shape index (κ1) is 38.1. The number of hydrogen-bond donors (Lipinski definition) is 5. The number of carbonyl (C=O) groups excluding carboxylic acids is 3. The largest absolute Gasteiger partial charge is 0.387 e. The highest BCUT2D eigenvalue weighted by Crippen LogP contribution is 2.29. The van der Waals surface area contributed by atoms with E-state index in [1.807, 2.05) is 39.5 Å². The normalized spacial score (nSPS) is 18.3. The van der Waals surface area contributed by atoms with E-state index in [0.29, 0.717) is 30.5 Å². The Kier molecular flexibility index (Phi) is 14.3. The molecule has 5 atom stereocenters. The minimum Gasteiger partial charge on any atom is -0.387 e. The fraction of sp³-hybridized carbons (Fsp3) is 0.735. The van der Waals surface area contributed by atoms with Gasteiger partial charge in [0.25, 0.3) is 5.91 Å². The molecule has 1 saturated heterocycles. The monoisotopic (exact) mass is 602 g/mol. The van der Waals surface area contributed by atoms with E-state index in [2.05, 4.69) is 75.6 Å². The van der Waals surface area contributed by atoms with Crippen molar-refractivity contribution >= 4 is 17.6 Å². The van der Waals surface area contributed by atoms with Crippen molar-refractivity contribution in [2.75, 3.05) is 6.54 Å². The van der Waals surface area contributed by atoms with Crippen molar-refractivity contribution in [2.24, 2.45) is 22.5 Å². The molecule has 0 bridgehead atoms. The second kappa shape index (κ2) is 16.2. The van der Waals surface area contributed by atoms with E-state index in [-0.39, 0.29) is 29.3 Å². The van der Waals surface area contributed by atoms with E-state index in [1.165, 1.54) is 0 Å². The van der Waals surface area contributed by atoms with Crippen LogP contribution < -0.4 is 27.0 Å². The van der Waals surface area contributed by atoms with Crippen molar-refractivity contribution in [3.05, 3.63) is 37.0 Å². The smallest absolute Gasteiger partial charge is 0.287 e. The highest BCUT2D eigenvalue weighted by Gasteiger charge is 2.41. The number of rotatable bonds is 18. The minimum absolute atomic E-state index is 0.0533. The molecule has 0 saturated carbocycles. The van der Waals surface area contributed by atoms with Gasteiger partial charge in [0.1, 0.15) is 6.04 Å². The minimum atomic E-state index is -0.968. The van der Waals surface area contributed by atoms with Crippen LogP contribution in [0.3, 0.4) is 0 Å². The van der Waals surface area contributed by atoms with Crippen LogP contribution in [0.25, 0.3) is 0 Å². The highest BCUT2D eigenvalue weighted by atomic mass is 16.2. The Balaban J connectivity index is 3.09. The molecule has 0 aliphatic carbocycles. The lowest BCUT2D eigenvalue weighted by molar-refractivity contribution is -0.137. The molecular weight excluding hydrogens is 540 g/mol. The zero-order valence-electron chi connectivity index (χ0n) is 28.8. The van der Waals surface area contributed by atoms with Crippen molar-refractivity contribution in [3.8, 4) is 0 Å². The molecule has 2 amide bonds. The number of primary amides is 1. The predicted octanol–water partition coefficient (Wildman–Crippen LogP) is 4.71. The van der Waals surface area contributed by atoms with E-state index in [9.17, 15) is 14.4 Å². The van der Waals surface area contributed by atoms with Gasteiger partial charge in [-0.25, -0.2) is 0 Å². The zero-order valence-corrected chi connectivity index (χ0v) is 28.8. The number of carbonyl (C=O) groups is 3. The van der Waals surface area contributed by atoms with E-state index in [4.69, 9.17) is 5.73 Å². The Bertz CT molecular complexity index is 1010. The molecule has 1 aliphatic rings. The fourth-order valence-corrected chi connectivity index (χ4v) is 5.45. The molecule has 0 radical (unpaired) electrons. The number of likely N-dealkylation sites (tertiary alicyclic amines) is 1. The fourth-order valence-electron chi connectivity index (χ4n) is 5.45. The Hall–Kier alpha value is -2.97. The maximum atomic E-state index is 14.2. The SMILES string of the molecule is C=C(CCC(NC(=C)NC(C(=O)N1CCCC1C(=C)NC(CC(C)CC)C(=O)C(N)=O)C(C)(C)C)C(C)(C)C)NC(C)C. The maximum Gasteiger partial charge on any atom is 0.287 e. The topological polar surface area (TPSA) is 129 Å². The van der Waals surface area contributed by atoms with Crippen molar-refractivity contribution in [3.63, 3.8) is 0 Å². The maximum absolute atomic E-state index is 14.2. The third-order valence-electron chi connectivity index (χ3n) is 8.25. The van der Waals surface area contributed by atoms with Crippen LogP contribution in [0.4, 0.5) is 0 Å². The number of nitrogens with one attached hydrogen (secondary N) is 4. The average Bonchev–Trinajstić information content (AvgIpc) is 3.36. The van der Waals surface area contributed by atoms with Gasteiger partial charge in [-0.1, -0.05) is 81.5 Å². The van der Waals surface area contributed by atoms with Gasteiger partial charge in [-0.05, 0) is 62.7 Å². The summed E-state index contributed by atoms with van der Waals surface area (Å²) in [5, 5.41) is 13.6. The summed E-state index contributed by atoms with van der Waals surface area (Å²) in [4.78, 5) is 40.4. The molecule has 9 heteroatoms. The summed E-state index contributed by atoms with van der Waals surface area (Å²) in [5.41, 5.74) is 6.44. The summed E-state index contributed by atoms with van der Waals surface area (Å²) in [6, 6.07) is -1.19. The van der Waals surface area contributed by atoms with Crippen LogP contribution in [0, 0.1) is 16.7 Å². The number of nitrogens with two attached hydrogens (primary N) is 1. The number of allylic oxidation sites excluding steroid dienone is 1. The van der Waals surface area contributed by atoms with Crippen LogP contribution >= 0.6 is 0 Å². The molecule has 0 aromatic carbocycles. The summed E-state index contributed by atoms with van der Waals surface area (Å²) in [6.45, 7) is 34.2. The first-order valence-corrected chi connectivity index (χ1v) is 15.9. The van der Waals surface area contributed by atoms with Crippen LogP contribution in [0.5, 0.6) is 0 Å². The van der Waals surface area contributed by atoms with Crippen molar-refractivity contribution in [1.29, 1.82) is 0 Å². The molecular formula is C34H62N6O3. The first-order valence-electron chi connectivity index (χ1n) is 15.9. The summed E-state index contributed by atoms with van der Waals surface area (Å²) >= 11 is 0. The molecule has 0 spiro atoms. The summed E-state index contributed by atoms with van der Waals surface area (Å²) in [6.07, 6.45) is 4.54. The van der Waals surface area contributed by atoms with Crippen molar-refractivity contribution in [1.82, 2.24) is 26.2 Å². The van der Waals surface area contributed by atoms with Gasteiger partial charge in [0.15, 0.2) is 0 Å². The van der Waals surface area contributed by atoms with Crippen LogP contribution in [-0.2, 0) is 14.4 Å². The third kappa shape index (κ3) is 12.3. The molecule has 9 nitrogen and oxygen atoms in total. The van der Waals surface area contributed by atoms with Gasteiger partial charge >= 0.3 is 0 Å². The predicted molar refractivity (Wildman–Crippen MR) is 178 cm³/mol. The molecule has 1 aliphatic heterocycles. The molecule has 5 unspecified atom stereocenters. The Morgan fingerprint density at radius 1 is 0.930 bits per heavy atom. The molecule has 0 aromatic rings. The first-order chi connectivity index (χ1) is 19.7. The number of amides is 2.